The van der Waals surface area contributed by atoms with Gasteiger partial charge in [-0.15, -0.1) is 11.3 Å². The highest BCUT2D eigenvalue weighted by Gasteiger charge is 2.16. The summed E-state index contributed by atoms with van der Waals surface area (Å²) in [6.45, 7) is 8.00. The van der Waals surface area contributed by atoms with Gasteiger partial charge in [0.1, 0.15) is 6.61 Å². The highest BCUT2D eigenvalue weighted by Crippen LogP contribution is 2.25. The number of amides is 1. The van der Waals surface area contributed by atoms with Gasteiger partial charge < -0.3 is 14.8 Å². The van der Waals surface area contributed by atoms with E-state index in [0.717, 1.165) is 6.42 Å². The molecule has 1 aromatic heterocycles. The molecule has 114 valence electrons. The summed E-state index contributed by atoms with van der Waals surface area (Å²) in [6, 6.07) is 4.16. The normalized spacial score (nSPS) is 12.6. The maximum atomic E-state index is 11.9. The van der Waals surface area contributed by atoms with Crippen LogP contribution >= 0.6 is 11.3 Å². The molecule has 1 atom stereocenters. The molecule has 0 radical (unpaired) electrons. The molecular formula is C15H25NO3S. The van der Waals surface area contributed by atoms with E-state index in [-0.39, 0.29) is 18.6 Å². The Kier molecular flexibility index (Phi) is 8.49. The molecule has 0 aliphatic heterocycles. The van der Waals surface area contributed by atoms with Crippen molar-refractivity contribution < 1.29 is 14.3 Å². The molecule has 5 heteroatoms. The average molecular weight is 299 g/mol. The Morgan fingerprint density at radius 3 is 2.70 bits per heavy atom. The minimum Gasteiger partial charge on any atom is -0.379 e. The van der Waals surface area contributed by atoms with Gasteiger partial charge in [-0.25, -0.2) is 0 Å². The van der Waals surface area contributed by atoms with Crippen molar-refractivity contribution in [2.45, 2.75) is 33.2 Å². The SMILES string of the molecule is CCOCCOCC(=O)NC(CC(C)C)c1cccs1. The van der Waals surface area contributed by atoms with Crippen LogP contribution in [0, 0.1) is 5.92 Å². The molecule has 0 aliphatic carbocycles. The minimum absolute atomic E-state index is 0.0689. The highest BCUT2D eigenvalue weighted by atomic mass is 32.1. The number of hydrogen-bond donors (Lipinski definition) is 1. The van der Waals surface area contributed by atoms with Crippen molar-refractivity contribution in [3.63, 3.8) is 0 Å². The van der Waals surface area contributed by atoms with E-state index < -0.39 is 0 Å². The quantitative estimate of drug-likeness (QED) is 0.676. The van der Waals surface area contributed by atoms with E-state index in [4.69, 9.17) is 9.47 Å². The molecule has 20 heavy (non-hydrogen) atoms. The minimum atomic E-state index is -0.0689. The van der Waals surface area contributed by atoms with Crippen LogP contribution in [0.25, 0.3) is 0 Å². The number of thiophene rings is 1. The van der Waals surface area contributed by atoms with Gasteiger partial charge in [0, 0.05) is 11.5 Å². The topological polar surface area (TPSA) is 47.6 Å². The Bertz CT molecular complexity index is 365. The van der Waals surface area contributed by atoms with Gasteiger partial charge in [0.2, 0.25) is 5.91 Å². The van der Waals surface area contributed by atoms with E-state index in [9.17, 15) is 4.79 Å². The van der Waals surface area contributed by atoms with Gasteiger partial charge in [0.05, 0.1) is 19.3 Å². The number of nitrogens with one attached hydrogen (secondary N) is 1. The first-order valence-electron chi connectivity index (χ1n) is 7.11. The zero-order valence-corrected chi connectivity index (χ0v) is 13.4. The fourth-order valence-corrected chi connectivity index (χ4v) is 2.66. The summed E-state index contributed by atoms with van der Waals surface area (Å²) >= 11 is 1.67. The van der Waals surface area contributed by atoms with Crippen LogP contribution in [0.2, 0.25) is 0 Å². The molecule has 1 heterocycles. The molecule has 4 nitrogen and oxygen atoms in total. The first-order chi connectivity index (χ1) is 9.63. The predicted octanol–water partition coefficient (Wildman–Crippen LogP) is 3.00. The van der Waals surface area contributed by atoms with Crippen molar-refractivity contribution in [1.29, 1.82) is 0 Å². The van der Waals surface area contributed by atoms with E-state index in [0.29, 0.717) is 25.7 Å². The molecule has 0 bridgehead atoms. The van der Waals surface area contributed by atoms with Crippen LogP contribution in [0.3, 0.4) is 0 Å². The third-order valence-corrected chi connectivity index (χ3v) is 3.72. The zero-order chi connectivity index (χ0) is 14.8. The van der Waals surface area contributed by atoms with E-state index in [1.54, 1.807) is 11.3 Å². The summed E-state index contributed by atoms with van der Waals surface area (Å²) in [4.78, 5) is 13.1. The molecule has 0 saturated carbocycles. The smallest absolute Gasteiger partial charge is 0.246 e. The number of ether oxygens (including phenoxy) is 2. The third kappa shape index (κ3) is 7.03. The number of rotatable bonds is 10. The maximum absolute atomic E-state index is 11.9. The summed E-state index contributed by atoms with van der Waals surface area (Å²) in [5, 5.41) is 5.08. The largest absolute Gasteiger partial charge is 0.379 e. The van der Waals surface area contributed by atoms with E-state index in [1.807, 2.05) is 18.4 Å². The van der Waals surface area contributed by atoms with Crippen LogP contribution in [-0.2, 0) is 14.3 Å². The molecule has 1 aromatic rings. The van der Waals surface area contributed by atoms with E-state index >= 15 is 0 Å². The summed E-state index contributed by atoms with van der Waals surface area (Å²) in [5.74, 6) is 0.460. The molecule has 1 rings (SSSR count). The van der Waals surface area contributed by atoms with Crippen LogP contribution in [0.5, 0.6) is 0 Å². The van der Waals surface area contributed by atoms with Crippen molar-refractivity contribution in [3.05, 3.63) is 22.4 Å². The molecule has 0 aliphatic rings. The second-order valence-corrected chi connectivity index (χ2v) is 5.99. The molecule has 0 saturated heterocycles. The highest BCUT2D eigenvalue weighted by molar-refractivity contribution is 7.10. The Hall–Kier alpha value is -0.910. The molecule has 1 N–H and O–H groups in total. The van der Waals surface area contributed by atoms with Crippen molar-refractivity contribution in [2.24, 2.45) is 5.92 Å². The Labute approximate surface area is 125 Å². The van der Waals surface area contributed by atoms with Crippen molar-refractivity contribution in [2.75, 3.05) is 26.4 Å². The number of carbonyl (C=O) groups excluding carboxylic acids is 1. The Balaban J connectivity index is 2.35. The molecule has 0 spiro atoms. The zero-order valence-electron chi connectivity index (χ0n) is 12.6. The lowest BCUT2D eigenvalue weighted by atomic mass is 10.0. The molecule has 0 aromatic carbocycles. The van der Waals surface area contributed by atoms with Crippen LogP contribution < -0.4 is 5.32 Å². The van der Waals surface area contributed by atoms with Gasteiger partial charge in [-0.1, -0.05) is 19.9 Å². The van der Waals surface area contributed by atoms with Gasteiger partial charge in [-0.2, -0.15) is 0 Å². The standard InChI is InChI=1S/C15H25NO3S/c1-4-18-7-8-19-11-15(17)16-13(10-12(2)3)14-6-5-9-20-14/h5-6,9,12-13H,4,7-8,10-11H2,1-3H3,(H,16,17). The lowest BCUT2D eigenvalue weighted by Gasteiger charge is -2.19. The van der Waals surface area contributed by atoms with E-state index in [1.165, 1.54) is 4.88 Å². The second kappa shape index (κ2) is 9.91. The Morgan fingerprint density at radius 2 is 2.10 bits per heavy atom. The molecular weight excluding hydrogens is 274 g/mol. The predicted molar refractivity (Wildman–Crippen MR) is 82.0 cm³/mol. The first-order valence-corrected chi connectivity index (χ1v) is 7.99. The van der Waals surface area contributed by atoms with Gasteiger partial charge >= 0.3 is 0 Å². The van der Waals surface area contributed by atoms with Crippen LogP contribution in [0.15, 0.2) is 17.5 Å². The van der Waals surface area contributed by atoms with Gasteiger partial charge in [-0.05, 0) is 30.7 Å². The lowest BCUT2D eigenvalue weighted by molar-refractivity contribution is -0.127. The molecule has 1 unspecified atom stereocenters. The number of carbonyl (C=O) groups is 1. The summed E-state index contributed by atoms with van der Waals surface area (Å²) in [7, 11) is 0. The van der Waals surface area contributed by atoms with Crippen molar-refractivity contribution in [3.8, 4) is 0 Å². The van der Waals surface area contributed by atoms with Gasteiger partial charge in [-0.3, -0.25) is 4.79 Å². The fraction of sp³-hybridized carbons (Fsp3) is 0.667. The summed E-state index contributed by atoms with van der Waals surface area (Å²) < 4.78 is 10.4. The number of hydrogen-bond acceptors (Lipinski definition) is 4. The maximum Gasteiger partial charge on any atom is 0.246 e. The molecule has 0 fully saturated rings. The fourth-order valence-electron chi connectivity index (χ4n) is 1.87. The summed E-state index contributed by atoms with van der Waals surface area (Å²) in [5.41, 5.74) is 0. The monoisotopic (exact) mass is 299 g/mol. The second-order valence-electron chi connectivity index (χ2n) is 5.01. The van der Waals surface area contributed by atoms with Crippen LogP contribution in [0.4, 0.5) is 0 Å². The van der Waals surface area contributed by atoms with E-state index in [2.05, 4.69) is 25.2 Å². The molecule has 1 amide bonds. The lowest BCUT2D eigenvalue weighted by Crippen LogP contribution is -2.32. The first kappa shape index (κ1) is 17.1. The summed E-state index contributed by atoms with van der Waals surface area (Å²) in [6.07, 6.45) is 0.936. The van der Waals surface area contributed by atoms with Gasteiger partial charge in [0.25, 0.3) is 0 Å². The van der Waals surface area contributed by atoms with Crippen LogP contribution in [-0.4, -0.2) is 32.3 Å². The third-order valence-electron chi connectivity index (χ3n) is 2.74. The van der Waals surface area contributed by atoms with Crippen molar-refractivity contribution in [1.82, 2.24) is 5.32 Å². The average Bonchev–Trinajstić information content (AvgIpc) is 2.91. The van der Waals surface area contributed by atoms with Crippen LogP contribution in [0.1, 0.15) is 38.1 Å². The van der Waals surface area contributed by atoms with Gasteiger partial charge in [0.15, 0.2) is 0 Å². The van der Waals surface area contributed by atoms with Crippen molar-refractivity contribution >= 4 is 17.2 Å². The Morgan fingerprint density at radius 1 is 1.35 bits per heavy atom.